The second kappa shape index (κ2) is 8.94. The van der Waals surface area contributed by atoms with Crippen molar-refractivity contribution in [1.29, 1.82) is 0 Å². The molecular formula is C21H17N3O4S. The summed E-state index contributed by atoms with van der Waals surface area (Å²) in [6.45, 7) is 0. The highest BCUT2D eigenvalue weighted by atomic mass is 32.1. The zero-order valence-corrected chi connectivity index (χ0v) is 16.2. The summed E-state index contributed by atoms with van der Waals surface area (Å²) in [7, 11) is 1.43. The average Bonchev–Trinajstić information content (AvgIpc) is 2.72. The molecule has 8 heteroatoms. The average molecular weight is 407 g/mol. The predicted octanol–water partition coefficient (Wildman–Crippen LogP) is 4.28. The van der Waals surface area contributed by atoms with E-state index in [1.807, 2.05) is 42.5 Å². The summed E-state index contributed by atoms with van der Waals surface area (Å²) in [5.41, 5.74) is 1.06. The molecule has 0 bridgehead atoms. The first-order valence-corrected chi connectivity index (χ1v) is 8.99. The number of rotatable bonds is 5. The number of anilines is 1. The van der Waals surface area contributed by atoms with Crippen LogP contribution in [0.25, 0.3) is 16.8 Å². The van der Waals surface area contributed by atoms with Crippen LogP contribution in [0, 0.1) is 10.1 Å². The van der Waals surface area contributed by atoms with Crippen molar-refractivity contribution in [2.45, 2.75) is 0 Å². The molecule has 0 saturated heterocycles. The van der Waals surface area contributed by atoms with E-state index in [1.54, 1.807) is 6.08 Å². The lowest BCUT2D eigenvalue weighted by Gasteiger charge is -2.11. The normalized spacial score (nSPS) is 10.7. The number of hydrogen-bond donors (Lipinski definition) is 2. The fourth-order valence-electron chi connectivity index (χ4n) is 2.78. The smallest absolute Gasteiger partial charge is 0.271 e. The Morgan fingerprint density at radius 3 is 2.66 bits per heavy atom. The molecule has 146 valence electrons. The largest absolute Gasteiger partial charge is 0.495 e. The van der Waals surface area contributed by atoms with Crippen molar-refractivity contribution in [2.75, 3.05) is 12.4 Å². The second-order valence-corrected chi connectivity index (χ2v) is 6.40. The van der Waals surface area contributed by atoms with Crippen molar-refractivity contribution in [3.8, 4) is 5.75 Å². The summed E-state index contributed by atoms with van der Waals surface area (Å²) in [5.74, 6) is -0.0710. The summed E-state index contributed by atoms with van der Waals surface area (Å²) in [6.07, 6.45) is 3.08. The van der Waals surface area contributed by atoms with Gasteiger partial charge in [-0.05, 0) is 40.7 Å². The van der Waals surface area contributed by atoms with Crippen LogP contribution < -0.4 is 15.4 Å². The summed E-state index contributed by atoms with van der Waals surface area (Å²) in [5, 5.41) is 18.3. The molecule has 0 aliphatic heterocycles. The molecule has 1 amide bonds. The Kier molecular flexibility index (Phi) is 6.16. The van der Waals surface area contributed by atoms with Crippen molar-refractivity contribution >= 4 is 51.5 Å². The van der Waals surface area contributed by atoms with Crippen LogP contribution in [0.1, 0.15) is 5.56 Å². The molecular weight excluding hydrogens is 390 g/mol. The third-order valence-corrected chi connectivity index (χ3v) is 4.32. The standard InChI is InChI=1S/C21H17N3O4S/c1-28-19-11-10-16(24(26)27)13-18(19)22-21(29)23-20(25)12-9-15-7-4-6-14-5-2-3-8-17(14)15/h2-13H,1H3,(H2,22,23,25,29)/b12-9+. The molecule has 0 heterocycles. The number of non-ortho nitro benzene ring substituents is 1. The van der Waals surface area contributed by atoms with Gasteiger partial charge in [-0.15, -0.1) is 0 Å². The van der Waals surface area contributed by atoms with Gasteiger partial charge in [0.25, 0.3) is 5.69 Å². The van der Waals surface area contributed by atoms with Crippen LogP contribution in [0.3, 0.4) is 0 Å². The molecule has 0 aliphatic rings. The van der Waals surface area contributed by atoms with Crippen molar-refractivity contribution < 1.29 is 14.5 Å². The number of thiocarbonyl (C=S) groups is 1. The van der Waals surface area contributed by atoms with Gasteiger partial charge in [0, 0.05) is 18.2 Å². The van der Waals surface area contributed by atoms with E-state index < -0.39 is 10.8 Å². The van der Waals surface area contributed by atoms with Crippen LogP contribution in [-0.2, 0) is 4.79 Å². The first-order chi connectivity index (χ1) is 14.0. The van der Waals surface area contributed by atoms with E-state index in [2.05, 4.69) is 10.6 Å². The highest BCUT2D eigenvalue weighted by Gasteiger charge is 2.13. The number of hydrogen-bond acceptors (Lipinski definition) is 5. The Labute approximate surface area is 172 Å². The van der Waals surface area contributed by atoms with Gasteiger partial charge in [-0.1, -0.05) is 42.5 Å². The van der Waals surface area contributed by atoms with Crippen LogP contribution >= 0.6 is 12.2 Å². The Hall–Kier alpha value is -3.78. The van der Waals surface area contributed by atoms with Gasteiger partial charge in [0.05, 0.1) is 17.7 Å². The second-order valence-electron chi connectivity index (χ2n) is 5.99. The maximum absolute atomic E-state index is 12.2. The Morgan fingerprint density at radius 2 is 1.90 bits per heavy atom. The van der Waals surface area contributed by atoms with Crippen LogP contribution in [0.5, 0.6) is 5.75 Å². The number of nitro benzene ring substituents is 1. The number of methoxy groups -OCH3 is 1. The fourth-order valence-corrected chi connectivity index (χ4v) is 2.99. The SMILES string of the molecule is COc1ccc([N+](=O)[O-])cc1NC(=S)NC(=O)/C=C/c1cccc2ccccc12. The first-order valence-electron chi connectivity index (χ1n) is 8.58. The van der Waals surface area contributed by atoms with Gasteiger partial charge in [-0.2, -0.15) is 0 Å². The van der Waals surface area contributed by atoms with Gasteiger partial charge in [0.2, 0.25) is 5.91 Å². The highest BCUT2D eigenvalue weighted by molar-refractivity contribution is 7.80. The van der Waals surface area contributed by atoms with Gasteiger partial charge in [0.15, 0.2) is 5.11 Å². The number of carbonyl (C=O) groups excluding carboxylic acids is 1. The van der Waals surface area contributed by atoms with E-state index in [0.29, 0.717) is 5.75 Å². The molecule has 0 spiro atoms. The minimum atomic E-state index is -0.529. The number of carbonyl (C=O) groups is 1. The molecule has 29 heavy (non-hydrogen) atoms. The lowest BCUT2D eigenvalue weighted by atomic mass is 10.0. The third-order valence-electron chi connectivity index (χ3n) is 4.12. The Balaban J connectivity index is 1.69. The van der Waals surface area contributed by atoms with Crippen LogP contribution in [-0.4, -0.2) is 23.1 Å². The van der Waals surface area contributed by atoms with Gasteiger partial charge in [-0.3, -0.25) is 20.2 Å². The van der Waals surface area contributed by atoms with E-state index in [4.69, 9.17) is 17.0 Å². The molecule has 0 radical (unpaired) electrons. The molecule has 0 atom stereocenters. The molecule has 3 aromatic rings. The minimum absolute atomic E-state index is 0.00336. The van der Waals surface area contributed by atoms with E-state index in [9.17, 15) is 14.9 Å². The summed E-state index contributed by atoms with van der Waals surface area (Å²) in [4.78, 5) is 22.6. The number of amides is 1. The van der Waals surface area contributed by atoms with E-state index in [0.717, 1.165) is 16.3 Å². The molecule has 0 fully saturated rings. The third kappa shape index (κ3) is 4.94. The highest BCUT2D eigenvalue weighted by Crippen LogP contribution is 2.28. The van der Waals surface area contributed by atoms with Crippen molar-refractivity contribution in [3.05, 3.63) is 82.4 Å². The van der Waals surface area contributed by atoms with Gasteiger partial charge < -0.3 is 10.1 Å². The molecule has 7 nitrogen and oxygen atoms in total. The molecule has 0 aliphatic carbocycles. The number of benzene rings is 3. The van der Waals surface area contributed by atoms with Crippen LogP contribution in [0.15, 0.2) is 66.7 Å². The topological polar surface area (TPSA) is 93.5 Å². The maximum Gasteiger partial charge on any atom is 0.271 e. The van der Waals surface area contributed by atoms with E-state index in [1.165, 1.54) is 31.4 Å². The number of nitro groups is 1. The van der Waals surface area contributed by atoms with Crippen molar-refractivity contribution in [2.24, 2.45) is 0 Å². The minimum Gasteiger partial charge on any atom is -0.495 e. The van der Waals surface area contributed by atoms with E-state index >= 15 is 0 Å². The summed E-state index contributed by atoms with van der Waals surface area (Å²) in [6, 6.07) is 17.7. The Bertz CT molecular complexity index is 1120. The predicted molar refractivity (Wildman–Crippen MR) is 117 cm³/mol. The van der Waals surface area contributed by atoms with Gasteiger partial charge in [0.1, 0.15) is 5.75 Å². The molecule has 0 aromatic heterocycles. The number of fused-ring (bicyclic) bond motifs is 1. The van der Waals surface area contributed by atoms with Crippen molar-refractivity contribution in [3.63, 3.8) is 0 Å². The van der Waals surface area contributed by atoms with Gasteiger partial charge >= 0.3 is 0 Å². The van der Waals surface area contributed by atoms with E-state index in [-0.39, 0.29) is 16.5 Å². The van der Waals surface area contributed by atoms with Crippen LogP contribution in [0.4, 0.5) is 11.4 Å². The van der Waals surface area contributed by atoms with Crippen LogP contribution in [0.2, 0.25) is 0 Å². The Morgan fingerprint density at radius 1 is 1.14 bits per heavy atom. The number of ether oxygens (including phenoxy) is 1. The number of nitrogens with one attached hydrogen (secondary N) is 2. The fraction of sp³-hybridized carbons (Fsp3) is 0.0476. The quantitative estimate of drug-likeness (QED) is 0.284. The zero-order chi connectivity index (χ0) is 20.8. The lowest BCUT2D eigenvalue weighted by Crippen LogP contribution is -2.32. The van der Waals surface area contributed by atoms with Crippen molar-refractivity contribution in [1.82, 2.24) is 5.32 Å². The maximum atomic E-state index is 12.2. The molecule has 3 rings (SSSR count). The monoisotopic (exact) mass is 407 g/mol. The molecule has 3 aromatic carbocycles. The lowest BCUT2D eigenvalue weighted by molar-refractivity contribution is -0.384. The number of nitrogens with zero attached hydrogens (tertiary/aromatic N) is 1. The molecule has 2 N–H and O–H groups in total. The zero-order valence-electron chi connectivity index (χ0n) is 15.4. The molecule has 0 saturated carbocycles. The molecule has 0 unspecified atom stereocenters. The summed E-state index contributed by atoms with van der Waals surface area (Å²) < 4.78 is 5.16. The summed E-state index contributed by atoms with van der Waals surface area (Å²) >= 11 is 5.13. The van der Waals surface area contributed by atoms with Gasteiger partial charge in [-0.25, -0.2) is 0 Å². The first kappa shape index (κ1) is 20.0.